The summed E-state index contributed by atoms with van der Waals surface area (Å²) in [7, 11) is 0. The van der Waals surface area contributed by atoms with Crippen LogP contribution < -0.4 is 11.1 Å². The third-order valence-electron chi connectivity index (χ3n) is 2.62. The predicted octanol–water partition coefficient (Wildman–Crippen LogP) is 3.37. The zero-order valence-corrected chi connectivity index (χ0v) is 15.8. The molecule has 21 heavy (non-hydrogen) atoms. The molecule has 1 aromatic carbocycles. The number of benzene rings is 1. The Morgan fingerprint density at radius 1 is 1.43 bits per heavy atom. The first kappa shape index (κ1) is 18.2. The second kappa shape index (κ2) is 9.21. The summed E-state index contributed by atoms with van der Waals surface area (Å²) in [6.07, 6.45) is 2.97. The van der Waals surface area contributed by atoms with Gasteiger partial charge in [-0.3, -0.25) is 0 Å². The molecule has 3 N–H and O–H groups in total. The molecule has 0 fully saturated rings. The number of guanidine groups is 1. The van der Waals surface area contributed by atoms with Crippen LogP contribution in [0.4, 0.5) is 5.69 Å². The molecule has 0 unspecified atom stereocenters. The van der Waals surface area contributed by atoms with Crippen LogP contribution in [0, 0.1) is 0 Å². The fourth-order valence-corrected chi connectivity index (χ4v) is 2.83. The highest BCUT2D eigenvalue weighted by atomic mass is 127. The van der Waals surface area contributed by atoms with E-state index in [1.54, 1.807) is 11.8 Å². The molecule has 8 heteroatoms. The van der Waals surface area contributed by atoms with Gasteiger partial charge in [0.1, 0.15) is 5.01 Å². The van der Waals surface area contributed by atoms with E-state index in [1.165, 1.54) is 16.9 Å². The van der Waals surface area contributed by atoms with E-state index in [4.69, 9.17) is 5.73 Å². The maximum absolute atomic E-state index is 5.87. The van der Waals surface area contributed by atoms with Gasteiger partial charge in [0, 0.05) is 5.69 Å². The van der Waals surface area contributed by atoms with Crippen molar-refractivity contribution in [1.29, 1.82) is 0 Å². The van der Waals surface area contributed by atoms with Crippen LogP contribution in [0.15, 0.2) is 33.6 Å². The minimum atomic E-state index is 0. The van der Waals surface area contributed by atoms with Gasteiger partial charge in [0.2, 0.25) is 0 Å². The first-order chi connectivity index (χ1) is 9.71. The lowest BCUT2D eigenvalue weighted by Gasteiger charge is -2.06. The molecule has 0 saturated heterocycles. The molecule has 0 spiro atoms. The van der Waals surface area contributed by atoms with Gasteiger partial charge in [0.25, 0.3) is 0 Å². The lowest BCUT2D eigenvalue weighted by atomic mass is 10.1. The van der Waals surface area contributed by atoms with Gasteiger partial charge in [-0.05, 0) is 30.4 Å². The van der Waals surface area contributed by atoms with E-state index < -0.39 is 0 Å². The smallest absolute Gasteiger partial charge is 0.193 e. The van der Waals surface area contributed by atoms with Crippen LogP contribution in [0.3, 0.4) is 0 Å². The van der Waals surface area contributed by atoms with Gasteiger partial charge in [-0.25, -0.2) is 4.99 Å². The summed E-state index contributed by atoms with van der Waals surface area (Å²) in [5, 5.41) is 12.0. The van der Waals surface area contributed by atoms with E-state index in [2.05, 4.69) is 39.6 Å². The number of rotatable bonds is 5. The minimum Gasteiger partial charge on any atom is -0.370 e. The maximum atomic E-state index is 5.87. The number of anilines is 1. The summed E-state index contributed by atoms with van der Waals surface area (Å²) in [6.45, 7) is 2.57. The van der Waals surface area contributed by atoms with E-state index in [1.807, 2.05) is 18.4 Å². The zero-order valence-electron chi connectivity index (χ0n) is 11.9. The molecular weight excluding hydrogens is 417 g/mol. The van der Waals surface area contributed by atoms with E-state index in [0.717, 1.165) is 21.5 Å². The Morgan fingerprint density at radius 3 is 2.90 bits per heavy atom. The highest BCUT2D eigenvalue weighted by molar-refractivity contribution is 14.0. The molecular formula is C13H18IN5S2. The molecule has 2 aromatic rings. The van der Waals surface area contributed by atoms with Crippen molar-refractivity contribution < 1.29 is 0 Å². The fourth-order valence-electron chi connectivity index (χ4n) is 1.59. The van der Waals surface area contributed by atoms with Crippen LogP contribution in [0.2, 0.25) is 0 Å². The van der Waals surface area contributed by atoms with Crippen LogP contribution in [0.5, 0.6) is 0 Å². The molecule has 114 valence electrons. The summed E-state index contributed by atoms with van der Waals surface area (Å²) in [5.41, 5.74) is 8.09. The van der Waals surface area contributed by atoms with Crippen molar-refractivity contribution in [3.8, 4) is 0 Å². The fraction of sp³-hybridized carbons (Fsp3) is 0.308. The Hall–Kier alpha value is -0.870. The van der Waals surface area contributed by atoms with Crippen LogP contribution in [-0.4, -0.2) is 22.4 Å². The van der Waals surface area contributed by atoms with Gasteiger partial charge in [-0.2, -0.15) is 0 Å². The molecule has 0 saturated carbocycles. The van der Waals surface area contributed by atoms with Crippen molar-refractivity contribution >= 4 is 58.7 Å². The quantitative estimate of drug-likeness (QED) is 0.326. The van der Waals surface area contributed by atoms with Gasteiger partial charge in [0.15, 0.2) is 10.3 Å². The highest BCUT2D eigenvalue weighted by Gasteiger charge is 2.02. The number of aliphatic imine (C=N–C) groups is 1. The topological polar surface area (TPSA) is 76.2 Å². The van der Waals surface area contributed by atoms with E-state index in [0.29, 0.717) is 12.5 Å². The Labute approximate surface area is 149 Å². The first-order valence-corrected chi connectivity index (χ1v) is 8.27. The largest absolute Gasteiger partial charge is 0.370 e. The number of aryl methyl sites for hydroxylation is 1. The molecule has 0 radical (unpaired) electrons. The van der Waals surface area contributed by atoms with Crippen molar-refractivity contribution in [2.24, 2.45) is 10.7 Å². The van der Waals surface area contributed by atoms with Crippen molar-refractivity contribution in [1.82, 2.24) is 10.2 Å². The van der Waals surface area contributed by atoms with Crippen molar-refractivity contribution in [3.05, 3.63) is 34.8 Å². The molecule has 0 atom stereocenters. The number of nitrogens with one attached hydrogen (secondary N) is 1. The third-order valence-corrected chi connectivity index (χ3v) is 4.50. The van der Waals surface area contributed by atoms with Gasteiger partial charge in [-0.15, -0.1) is 34.2 Å². The molecule has 2 rings (SSSR count). The van der Waals surface area contributed by atoms with Gasteiger partial charge < -0.3 is 11.1 Å². The zero-order chi connectivity index (χ0) is 14.4. The number of nitrogens with zero attached hydrogens (tertiary/aromatic N) is 3. The summed E-state index contributed by atoms with van der Waals surface area (Å²) in [5.74, 6) is 0.388. The summed E-state index contributed by atoms with van der Waals surface area (Å²) in [6, 6.07) is 8.13. The molecule has 0 bridgehead atoms. The Kier molecular flexibility index (Phi) is 7.97. The highest BCUT2D eigenvalue weighted by Crippen LogP contribution is 2.19. The molecule has 0 aliphatic carbocycles. The summed E-state index contributed by atoms with van der Waals surface area (Å²) in [4.78, 5) is 4.27. The molecule has 0 aliphatic rings. The van der Waals surface area contributed by atoms with E-state index in [9.17, 15) is 0 Å². The Morgan fingerprint density at radius 2 is 2.24 bits per heavy atom. The Balaban J connectivity index is 0.00000220. The van der Waals surface area contributed by atoms with E-state index in [-0.39, 0.29) is 24.0 Å². The second-order valence-corrected chi connectivity index (χ2v) is 6.16. The van der Waals surface area contributed by atoms with Crippen LogP contribution in [0.25, 0.3) is 0 Å². The van der Waals surface area contributed by atoms with Crippen molar-refractivity contribution in [3.63, 3.8) is 0 Å². The normalized spacial score (nSPS) is 11.0. The molecule has 1 heterocycles. The average Bonchev–Trinajstić information content (AvgIpc) is 2.93. The molecule has 1 aromatic heterocycles. The maximum Gasteiger partial charge on any atom is 0.193 e. The monoisotopic (exact) mass is 435 g/mol. The lowest BCUT2D eigenvalue weighted by Crippen LogP contribution is -2.22. The average molecular weight is 435 g/mol. The summed E-state index contributed by atoms with van der Waals surface area (Å²) >= 11 is 3.12. The van der Waals surface area contributed by atoms with Crippen LogP contribution >= 0.6 is 47.1 Å². The van der Waals surface area contributed by atoms with Crippen LogP contribution in [0.1, 0.15) is 17.5 Å². The van der Waals surface area contributed by atoms with Crippen molar-refractivity contribution in [2.75, 3.05) is 11.6 Å². The Bertz CT molecular complexity index is 600. The third kappa shape index (κ3) is 5.79. The number of aromatic nitrogens is 2. The van der Waals surface area contributed by atoms with Gasteiger partial charge in [0.05, 0.1) is 6.54 Å². The minimum absolute atomic E-state index is 0. The first-order valence-electron chi connectivity index (χ1n) is 6.23. The van der Waals surface area contributed by atoms with Crippen LogP contribution in [-0.2, 0) is 13.0 Å². The van der Waals surface area contributed by atoms with E-state index >= 15 is 0 Å². The number of hydrogen-bond acceptors (Lipinski definition) is 5. The van der Waals surface area contributed by atoms with Gasteiger partial charge in [-0.1, -0.05) is 42.2 Å². The second-order valence-electron chi connectivity index (χ2n) is 4.05. The lowest BCUT2D eigenvalue weighted by molar-refractivity contribution is 0.926. The number of nitrogens with two attached hydrogens (primary N) is 1. The molecule has 0 aliphatic heterocycles. The molecule has 0 amide bonds. The number of halogens is 1. The number of thioether (sulfide) groups is 1. The van der Waals surface area contributed by atoms with Gasteiger partial charge >= 0.3 is 0 Å². The standard InChI is InChI=1S/C13H17N5S2.HI/c1-3-9-5-4-6-10(7-9)16-12(14)15-8-11-17-18-13(19-2)20-11;/h4-7H,3,8H2,1-2H3,(H3,14,15,16);1H. The number of hydrogen-bond donors (Lipinski definition) is 2. The summed E-state index contributed by atoms with van der Waals surface area (Å²) < 4.78 is 0.942. The van der Waals surface area contributed by atoms with Crippen molar-refractivity contribution in [2.45, 2.75) is 24.2 Å². The predicted molar refractivity (Wildman–Crippen MR) is 102 cm³/mol. The SMILES string of the molecule is CCc1cccc(NC(N)=NCc2nnc(SC)s2)c1.I. The molecule has 5 nitrogen and oxygen atoms in total.